The molecule has 0 fully saturated rings. The van der Waals surface area contributed by atoms with Gasteiger partial charge in [-0.3, -0.25) is 0 Å². The highest BCUT2D eigenvalue weighted by Gasteiger charge is 1.99. The topological polar surface area (TPSA) is 26.0 Å². The molecule has 0 saturated heterocycles. The molecule has 1 nitrogen and oxygen atoms in total. The second-order valence-electron chi connectivity index (χ2n) is 4.82. The van der Waals surface area contributed by atoms with E-state index < -0.39 is 0 Å². The molecule has 0 heterocycles. The van der Waals surface area contributed by atoms with Crippen LogP contribution >= 0.6 is 11.8 Å². The summed E-state index contributed by atoms with van der Waals surface area (Å²) in [5.41, 5.74) is 8.20. The Hall–Kier alpha value is -1.77. The summed E-state index contributed by atoms with van der Waals surface area (Å²) >= 11 is 1.87. The van der Waals surface area contributed by atoms with Crippen LogP contribution in [0.15, 0.2) is 71.6 Å². The van der Waals surface area contributed by atoms with Crippen molar-refractivity contribution in [2.45, 2.75) is 17.2 Å². The van der Waals surface area contributed by atoms with Gasteiger partial charge in [-0.25, -0.2) is 0 Å². The second kappa shape index (κ2) is 6.12. The van der Waals surface area contributed by atoms with E-state index >= 15 is 0 Å². The molecule has 0 aromatic heterocycles. The number of rotatable bonds is 4. The van der Waals surface area contributed by atoms with Crippen LogP contribution in [-0.4, -0.2) is 0 Å². The molecule has 0 amide bonds. The first-order chi connectivity index (χ1) is 9.85. The third kappa shape index (κ3) is 3.03. The molecule has 0 bridgehead atoms. The molecular formula is C18H17NS. The predicted octanol–water partition coefficient (Wildman–Crippen LogP) is 4.59. The van der Waals surface area contributed by atoms with Gasteiger partial charge in [0, 0.05) is 17.2 Å². The molecule has 0 aliphatic carbocycles. The van der Waals surface area contributed by atoms with Crippen molar-refractivity contribution in [3.8, 4) is 0 Å². The molecule has 0 saturated carbocycles. The average Bonchev–Trinajstić information content (AvgIpc) is 2.53. The monoisotopic (exact) mass is 279 g/mol. The molecular weight excluding hydrogens is 262 g/mol. The molecule has 2 N–H and O–H groups in total. The largest absolute Gasteiger partial charge is 0.326 e. The van der Waals surface area contributed by atoms with E-state index in [2.05, 4.69) is 66.7 Å². The van der Waals surface area contributed by atoms with Gasteiger partial charge in [-0.1, -0.05) is 54.6 Å². The van der Waals surface area contributed by atoms with E-state index in [4.69, 9.17) is 5.73 Å². The number of nitrogens with two attached hydrogens (primary N) is 1. The zero-order chi connectivity index (χ0) is 13.8. The number of fused-ring (bicyclic) bond motifs is 1. The molecule has 0 aliphatic heterocycles. The van der Waals surface area contributed by atoms with Crippen molar-refractivity contribution in [2.75, 3.05) is 0 Å². The van der Waals surface area contributed by atoms with Crippen LogP contribution in [0.3, 0.4) is 0 Å². The lowest BCUT2D eigenvalue weighted by Gasteiger charge is -2.05. The van der Waals surface area contributed by atoms with Crippen molar-refractivity contribution in [1.29, 1.82) is 0 Å². The van der Waals surface area contributed by atoms with Crippen molar-refractivity contribution in [1.82, 2.24) is 0 Å². The first-order valence-corrected chi connectivity index (χ1v) is 7.73. The molecule has 0 aliphatic rings. The van der Waals surface area contributed by atoms with Gasteiger partial charge in [0.25, 0.3) is 0 Å². The molecule has 2 heteroatoms. The van der Waals surface area contributed by atoms with E-state index in [0.29, 0.717) is 6.54 Å². The average molecular weight is 279 g/mol. The Bertz CT molecular complexity index is 721. The lowest BCUT2D eigenvalue weighted by molar-refractivity contribution is 1.06. The van der Waals surface area contributed by atoms with Gasteiger partial charge in [0.05, 0.1) is 0 Å². The summed E-state index contributed by atoms with van der Waals surface area (Å²) < 4.78 is 0. The summed E-state index contributed by atoms with van der Waals surface area (Å²) in [6, 6.07) is 23.6. The second-order valence-corrected chi connectivity index (χ2v) is 5.87. The van der Waals surface area contributed by atoms with Crippen LogP contribution in [0.4, 0.5) is 0 Å². The lowest BCUT2D eigenvalue weighted by Crippen LogP contribution is -1.96. The van der Waals surface area contributed by atoms with Crippen LogP contribution in [-0.2, 0) is 12.3 Å². The van der Waals surface area contributed by atoms with Gasteiger partial charge in [-0.05, 0) is 34.0 Å². The Balaban J connectivity index is 1.76. The highest BCUT2D eigenvalue weighted by Crippen LogP contribution is 2.26. The fourth-order valence-electron chi connectivity index (χ4n) is 2.27. The first-order valence-electron chi connectivity index (χ1n) is 6.74. The van der Waals surface area contributed by atoms with E-state index in [-0.39, 0.29) is 0 Å². The fraction of sp³-hybridized carbons (Fsp3) is 0.111. The van der Waals surface area contributed by atoms with Crippen LogP contribution in [0.5, 0.6) is 0 Å². The lowest BCUT2D eigenvalue weighted by atomic mass is 10.1. The maximum absolute atomic E-state index is 5.68. The summed E-state index contributed by atoms with van der Waals surface area (Å²) in [4.78, 5) is 1.31. The molecule has 0 spiro atoms. The highest BCUT2D eigenvalue weighted by atomic mass is 32.2. The predicted molar refractivity (Wildman–Crippen MR) is 87.8 cm³/mol. The third-order valence-electron chi connectivity index (χ3n) is 3.35. The van der Waals surface area contributed by atoms with E-state index in [9.17, 15) is 0 Å². The number of hydrogen-bond acceptors (Lipinski definition) is 2. The summed E-state index contributed by atoms with van der Waals surface area (Å²) in [6.07, 6.45) is 0. The summed E-state index contributed by atoms with van der Waals surface area (Å²) in [6.45, 7) is 0.606. The zero-order valence-corrected chi connectivity index (χ0v) is 12.1. The Labute approximate surface area is 123 Å². The molecule has 3 rings (SSSR count). The fourth-order valence-corrected chi connectivity index (χ4v) is 3.16. The molecule has 0 atom stereocenters. The van der Waals surface area contributed by atoms with Crippen molar-refractivity contribution in [3.05, 3.63) is 77.9 Å². The molecule has 3 aromatic carbocycles. The van der Waals surface area contributed by atoms with Crippen LogP contribution in [0.1, 0.15) is 11.1 Å². The van der Waals surface area contributed by atoms with E-state index in [1.165, 1.54) is 26.8 Å². The van der Waals surface area contributed by atoms with E-state index in [1.807, 2.05) is 11.8 Å². The molecule has 3 aromatic rings. The molecule has 0 unspecified atom stereocenters. The Morgan fingerprint density at radius 2 is 1.55 bits per heavy atom. The Kier molecular flexibility index (Phi) is 4.05. The minimum absolute atomic E-state index is 0.606. The van der Waals surface area contributed by atoms with E-state index in [1.54, 1.807) is 0 Å². The zero-order valence-electron chi connectivity index (χ0n) is 11.3. The quantitative estimate of drug-likeness (QED) is 0.707. The van der Waals surface area contributed by atoms with Gasteiger partial charge >= 0.3 is 0 Å². The Morgan fingerprint density at radius 3 is 2.40 bits per heavy atom. The van der Waals surface area contributed by atoms with Crippen molar-refractivity contribution < 1.29 is 0 Å². The van der Waals surface area contributed by atoms with Gasteiger partial charge in [-0.15, -0.1) is 11.8 Å². The third-order valence-corrected chi connectivity index (χ3v) is 4.42. The number of benzene rings is 3. The van der Waals surface area contributed by atoms with Crippen LogP contribution < -0.4 is 5.73 Å². The maximum atomic E-state index is 5.68. The number of thioether (sulfide) groups is 1. The van der Waals surface area contributed by atoms with Crippen molar-refractivity contribution in [2.24, 2.45) is 5.73 Å². The minimum atomic E-state index is 0.606. The summed E-state index contributed by atoms with van der Waals surface area (Å²) in [5.74, 6) is 0.978. The molecule has 0 radical (unpaired) electrons. The normalized spacial score (nSPS) is 10.8. The van der Waals surface area contributed by atoms with Crippen LogP contribution in [0.2, 0.25) is 0 Å². The van der Waals surface area contributed by atoms with Crippen LogP contribution in [0, 0.1) is 0 Å². The van der Waals surface area contributed by atoms with Gasteiger partial charge in [0.15, 0.2) is 0 Å². The minimum Gasteiger partial charge on any atom is -0.326 e. The van der Waals surface area contributed by atoms with Crippen molar-refractivity contribution in [3.63, 3.8) is 0 Å². The van der Waals surface area contributed by atoms with E-state index in [0.717, 1.165) is 5.75 Å². The van der Waals surface area contributed by atoms with Gasteiger partial charge in [0.2, 0.25) is 0 Å². The SMILES string of the molecule is NCc1cccc(CSc2ccc3ccccc3c2)c1. The maximum Gasteiger partial charge on any atom is 0.0232 e. The smallest absolute Gasteiger partial charge is 0.0232 e. The molecule has 20 heavy (non-hydrogen) atoms. The Morgan fingerprint density at radius 1 is 0.750 bits per heavy atom. The summed E-state index contributed by atoms with van der Waals surface area (Å²) in [7, 11) is 0. The molecule has 100 valence electrons. The van der Waals surface area contributed by atoms with Gasteiger partial charge in [-0.2, -0.15) is 0 Å². The van der Waals surface area contributed by atoms with Crippen LogP contribution in [0.25, 0.3) is 10.8 Å². The highest BCUT2D eigenvalue weighted by molar-refractivity contribution is 7.98. The standard InChI is InChI=1S/C18H17NS/c19-12-14-4-3-5-15(10-14)13-20-18-9-8-16-6-1-2-7-17(16)11-18/h1-11H,12-13,19H2. The van der Waals surface area contributed by atoms with Gasteiger partial charge in [0.1, 0.15) is 0 Å². The first kappa shape index (κ1) is 13.2. The van der Waals surface area contributed by atoms with Gasteiger partial charge < -0.3 is 5.73 Å². The summed E-state index contributed by atoms with van der Waals surface area (Å²) in [5, 5.41) is 2.59. The number of hydrogen-bond donors (Lipinski definition) is 1. The van der Waals surface area contributed by atoms with Crippen molar-refractivity contribution >= 4 is 22.5 Å².